The lowest BCUT2D eigenvalue weighted by molar-refractivity contribution is -0.634. The molecule has 1 aliphatic carbocycles. The van der Waals surface area contributed by atoms with Crippen LogP contribution in [0.1, 0.15) is 37.3 Å². The number of imidazole rings is 1. The molecule has 3 nitrogen and oxygen atoms in total. The zero-order valence-corrected chi connectivity index (χ0v) is 15.5. The molecular formula is C21H22N3S+. The van der Waals surface area contributed by atoms with Crippen molar-refractivity contribution in [3.8, 4) is 11.4 Å². The van der Waals surface area contributed by atoms with E-state index in [0.717, 1.165) is 5.52 Å². The Morgan fingerprint density at radius 1 is 1.12 bits per heavy atom. The zero-order valence-electron chi connectivity index (χ0n) is 14.7. The van der Waals surface area contributed by atoms with Gasteiger partial charge in [0.2, 0.25) is 0 Å². The molecule has 2 heterocycles. The molecule has 1 saturated carbocycles. The number of aryl methyl sites for hydroxylation is 2. The third kappa shape index (κ3) is 2.17. The predicted molar refractivity (Wildman–Crippen MR) is 104 cm³/mol. The fourth-order valence-corrected chi connectivity index (χ4v) is 5.35. The van der Waals surface area contributed by atoms with Crippen LogP contribution in [0.4, 0.5) is 0 Å². The van der Waals surface area contributed by atoms with E-state index in [-0.39, 0.29) is 0 Å². The molecule has 1 fully saturated rings. The van der Waals surface area contributed by atoms with Crippen molar-refractivity contribution in [2.24, 2.45) is 7.05 Å². The Labute approximate surface area is 151 Å². The number of para-hydroxylation sites is 2. The second-order valence-corrected chi connectivity index (χ2v) is 7.99. The van der Waals surface area contributed by atoms with E-state index in [9.17, 15) is 0 Å². The SMILES string of the molecule is Cc1ccc2ncsc2c1-c1n(C2CCCC2)c2ccccc2[n+]1C. The largest absolute Gasteiger partial charge is 0.291 e. The summed E-state index contributed by atoms with van der Waals surface area (Å²) in [6.07, 6.45) is 5.24. The first-order chi connectivity index (χ1) is 12.3. The van der Waals surface area contributed by atoms with Crippen molar-refractivity contribution in [2.45, 2.75) is 38.6 Å². The number of benzene rings is 2. The van der Waals surface area contributed by atoms with Gasteiger partial charge in [0.25, 0.3) is 5.82 Å². The van der Waals surface area contributed by atoms with Crippen LogP contribution in [0.15, 0.2) is 41.9 Å². The number of rotatable bonds is 2. The van der Waals surface area contributed by atoms with Crippen LogP contribution < -0.4 is 4.57 Å². The van der Waals surface area contributed by atoms with Gasteiger partial charge in [-0.05, 0) is 56.4 Å². The molecule has 0 radical (unpaired) electrons. The van der Waals surface area contributed by atoms with E-state index in [4.69, 9.17) is 0 Å². The second-order valence-electron chi connectivity index (χ2n) is 7.14. The minimum absolute atomic E-state index is 0.601. The number of thiazole rings is 1. The highest BCUT2D eigenvalue weighted by Gasteiger charge is 2.33. The van der Waals surface area contributed by atoms with Crippen molar-refractivity contribution >= 4 is 32.6 Å². The predicted octanol–water partition coefficient (Wildman–Crippen LogP) is 5.17. The van der Waals surface area contributed by atoms with Crippen LogP contribution in [0, 0.1) is 6.92 Å². The third-order valence-corrected chi connectivity index (χ3v) is 6.53. The van der Waals surface area contributed by atoms with E-state index < -0.39 is 0 Å². The van der Waals surface area contributed by atoms with Crippen molar-refractivity contribution in [1.29, 1.82) is 0 Å². The van der Waals surface area contributed by atoms with Gasteiger partial charge in [-0.3, -0.25) is 0 Å². The Kier molecular flexibility index (Phi) is 3.42. The summed E-state index contributed by atoms with van der Waals surface area (Å²) in [6.45, 7) is 2.23. The quantitative estimate of drug-likeness (QED) is 0.458. The Hall–Kier alpha value is -2.20. The minimum Gasteiger partial charge on any atom is -0.245 e. The number of hydrogen-bond donors (Lipinski definition) is 0. The normalized spacial score (nSPS) is 15.6. The smallest absolute Gasteiger partial charge is 0.245 e. The maximum absolute atomic E-state index is 4.56. The lowest BCUT2D eigenvalue weighted by atomic mass is 10.1. The van der Waals surface area contributed by atoms with E-state index in [1.807, 2.05) is 5.51 Å². The van der Waals surface area contributed by atoms with Gasteiger partial charge in [0.05, 0.1) is 28.3 Å². The summed E-state index contributed by atoms with van der Waals surface area (Å²) < 4.78 is 6.30. The molecule has 25 heavy (non-hydrogen) atoms. The minimum atomic E-state index is 0.601. The van der Waals surface area contributed by atoms with Crippen molar-refractivity contribution in [1.82, 2.24) is 9.55 Å². The van der Waals surface area contributed by atoms with Crippen molar-refractivity contribution in [3.63, 3.8) is 0 Å². The molecule has 2 aromatic heterocycles. The molecule has 5 rings (SSSR count). The highest BCUT2D eigenvalue weighted by molar-refractivity contribution is 7.17. The molecule has 0 atom stereocenters. The van der Waals surface area contributed by atoms with E-state index in [1.165, 1.54) is 58.4 Å². The summed E-state index contributed by atoms with van der Waals surface area (Å²) in [5, 5.41) is 0. The molecule has 0 spiro atoms. The van der Waals surface area contributed by atoms with Gasteiger partial charge in [-0.2, -0.15) is 0 Å². The lowest BCUT2D eigenvalue weighted by Gasteiger charge is -2.12. The summed E-state index contributed by atoms with van der Waals surface area (Å²) >= 11 is 1.76. The second kappa shape index (κ2) is 5.67. The average molecular weight is 348 g/mol. The molecular weight excluding hydrogens is 326 g/mol. The fourth-order valence-electron chi connectivity index (χ4n) is 4.47. The number of fused-ring (bicyclic) bond motifs is 2. The van der Waals surface area contributed by atoms with Gasteiger partial charge in [-0.25, -0.2) is 14.1 Å². The van der Waals surface area contributed by atoms with E-state index in [1.54, 1.807) is 11.3 Å². The van der Waals surface area contributed by atoms with Gasteiger partial charge in [0, 0.05) is 0 Å². The standard InChI is InChI=1S/C21H22N3S/c1-14-11-12-16-20(25-13-22-16)19(14)21-23(2)17-9-5-6-10-18(17)24(21)15-7-3-4-8-15/h5-6,9-13,15H,3-4,7-8H2,1-2H3/q+1. The molecule has 126 valence electrons. The van der Waals surface area contributed by atoms with Gasteiger partial charge < -0.3 is 0 Å². The van der Waals surface area contributed by atoms with Crippen molar-refractivity contribution in [2.75, 3.05) is 0 Å². The molecule has 0 amide bonds. The molecule has 0 bridgehead atoms. The van der Waals surface area contributed by atoms with Crippen molar-refractivity contribution in [3.05, 3.63) is 47.5 Å². The maximum Gasteiger partial charge on any atom is 0.291 e. The summed E-state index contributed by atoms with van der Waals surface area (Å²) in [5.41, 5.74) is 8.42. The first-order valence-corrected chi connectivity index (χ1v) is 9.96. The van der Waals surface area contributed by atoms with Gasteiger partial charge in [-0.15, -0.1) is 11.3 Å². The lowest BCUT2D eigenvalue weighted by Crippen LogP contribution is -2.31. The van der Waals surface area contributed by atoms with Crippen LogP contribution in [0.25, 0.3) is 32.6 Å². The van der Waals surface area contributed by atoms with E-state index >= 15 is 0 Å². The van der Waals surface area contributed by atoms with Crippen LogP contribution >= 0.6 is 11.3 Å². The Bertz CT molecular complexity index is 1080. The van der Waals surface area contributed by atoms with E-state index in [0.29, 0.717) is 6.04 Å². The van der Waals surface area contributed by atoms with Gasteiger partial charge in [0.15, 0.2) is 11.0 Å². The molecule has 4 heteroatoms. The number of nitrogens with zero attached hydrogens (tertiary/aromatic N) is 3. The summed E-state index contributed by atoms with van der Waals surface area (Å²) in [7, 11) is 2.21. The van der Waals surface area contributed by atoms with Crippen LogP contribution in [-0.4, -0.2) is 9.55 Å². The van der Waals surface area contributed by atoms with Gasteiger partial charge in [-0.1, -0.05) is 18.2 Å². The highest BCUT2D eigenvalue weighted by Crippen LogP contribution is 2.39. The van der Waals surface area contributed by atoms with Crippen LogP contribution in [0.2, 0.25) is 0 Å². The summed E-state index contributed by atoms with van der Waals surface area (Å²) in [6, 6.07) is 13.8. The Morgan fingerprint density at radius 2 is 1.92 bits per heavy atom. The third-order valence-electron chi connectivity index (χ3n) is 5.67. The van der Waals surface area contributed by atoms with Gasteiger partial charge >= 0.3 is 0 Å². The Morgan fingerprint density at radius 3 is 2.76 bits per heavy atom. The first-order valence-electron chi connectivity index (χ1n) is 9.08. The van der Waals surface area contributed by atoms with E-state index in [2.05, 4.69) is 64.5 Å². The molecule has 1 aliphatic rings. The first kappa shape index (κ1) is 15.1. The summed E-state index contributed by atoms with van der Waals surface area (Å²) in [5.74, 6) is 1.33. The molecule has 0 N–H and O–H groups in total. The number of aromatic nitrogens is 3. The molecule has 2 aromatic carbocycles. The summed E-state index contributed by atoms with van der Waals surface area (Å²) in [4.78, 5) is 4.56. The average Bonchev–Trinajstić information content (AvgIpc) is 3.35. The van der Waals surface area contributed by atoms with Crippen LogP contribution in [0.5, 0.6) is 0 Å². The topological polar surface area (TPSA) is 21.7 Å². The zero-order chi connectivity index (χ0) is 17.0. The van der Waals surface area contributed by atoms with Crippen LogP contribution in [0.3, 0.4) is 0 Å². The molecule has 0 saturated heterocycles. The Balaban J connectivity index is 1.92. The monoisotopic (exact) mass is 348 g/mol. The van der Waals surface area contributed by atoms with Crippen molar-refractivity contribution < 1.29 is 4.57 Å². The van der Waals surface area contributed by atoms with Gasteiger partial charge in [0.1, 0.15) is 6.04 Å². The molecule has 0 aliphatic heterocycles. The highest BCUT2D eigenvalue weighted by atomic mass is 32.1. The maximum atomic E-state index is 4.56. The molecule has 4 aromatic rings. The van der Waals surface area contributed by atoms with Crippen LogP contribution in [-0.2, 0) is 7.05 Å². The fraction of sp³-hybridized carbons (Fsp3) is 0.333. The molecule has 0 unspecified atom stereocenters. The number of hydrogen-bond acceptors (Lipinski definition) is 2.